The van der Waals surface area contributed by atoms with Gasteiger partial charge in [-0.1, -0.05) is 18.2 Å². The molecule has 1 aromatic rings. The van der Waals surface area contributed by atoms with Crippen LogP contribution in [0.1, 0.15) is 32.1 Å². The van der Waals surface area contributed by atoms with Crippen molar-refractivity contribution in [3.63, 3.8) is 0 Å². The third kappa shape index (κ3) is 4.82. The Morgan fingerprint density at radius 2 is 1.63 bits per heavy atom. The molecule has 0 saturated carbocycles. The SMILES string of the molecule is O=C(CCN1CCCC1)N1CCCC(N2CCN(c3ccccc3)CC2)C1. The van der Waals surface area contributed by atoms with Gasteiger partial charge < -0.3 is 14.7 Å². The Morgan fingerprint density at radius 1 is 0.889 bits per heavy atom. The monoisotopic (exact) mass is 370 g/mol. The van der Waals surface area contributed by atoms with E-state index in [1.54, 1.807) is 0 Å². The van der Waals surface area contributed by atoms with Crippen LogP contribution in [0.3, 0.4) is 0 Å². The molecule has 0 N–H and O–H groups in total. The number of benzene rings is 1. The van der Waals surface area contributed by atoms with Crippen molar-refractivity contribution in [3.05, 3.63) is 30.3 Å². The van der Waals surface area contributed by atoms with Crippen molar-refractivity contribution in [2.75, 3.05) is 63.8 Å². The van der Waals surface area contributed by atoms with Crippen molar-refractivity contribution in [1.29, 1.82) is 0 Å². The molecule has 1 amide bonds. The summed E-state index contributed by atoms with van der Waals surface area (Å²) in [5.74, 6) is 0.370. The lowest BCUT2D eigenvalue weighted by atomic mass is 10.0. The lowest BCUT2D eigenvalue weighted by Gasteiger charge is -2.44. The number of para-hydroxylation sites is 1. The minimum Gasteiger partial charge on any atom is -0.369 e. The van der Waals surface area contributed by atoms with Crippen molar-refractivity contribution in [2.45, 2.75) is 38.1 Å². The number of carbonyl (C=O) groups is 1. The molecule has 3 aliphatic heterocycles. The molecule has 148 valence electrons. The van der Waals surface area contributed by atoms with Crippen molar-refractivity contribution >= 4 is 11.6 Å². The smallest absolute Gasteiger partial charge is 0.223 e. The minimum absolute atomic E-state index is 0.370. The summed E-state index contributed by atoms with van der Waals surface area (Å²) in [6, 6.07) is 11.3. The molecule has 0 spiro atoms. The van der Waals surface area contributed by atoms with Gasteiger partial charge in [-0.25, -0.2) is 0 Å². The zero-order valence-electron chi connectivity index (χ0n) is 16.6. The molecule has 0 bridgehead atoms. The highest BCUT2D eigenvalue weighted by Gasteiger charge is 2.30. The number of rotatable bonds is 5. The summed E-state index contributed by atoms with van der Waals surface area (Å²) < 4.78 is 0. The third-order valence-corrected chi connectivity index (χ3v) is 6.54. The van der Waals surface area contributed by atoms with Gasteiger partial charge in [0.1, 0.15) is 0 Å². The fourth-order valence-corrected chi connectivity index (χ4v) is 4.88. The molecule has 4 rings (SSSR count). The molecule has 3 aliphatic rings. The molecule has 3 heterocycles. The van der Waals surface area contributed by atoms with Gasteiger partial charge in [-0.2, -0.15) is 0 Å². The van der Waals surface area contributed by atoms with Crippen LogP contribution in [0.25, 0.3) is 0 Å². The van der Waals surface area contributed by atoms with Crippen LogP contribution in [0.4, 0.5) is 5.69 Å². The number of anilines is 1. The van der Waals surface area contributed by atoms with Gasteiger partial charge in [-0.3, -0.25) is 9.69 Å². The second-order valence-electron chi connectivity index (χ2n) is 8.29. The van der Waals surface area contributed by atoms with Gasteiger partial charge in [0.2, 0.25) is 5.91 Å². The van der Waals surface area contributed by atoms with Crippen molar-refractivity contribution in [3.8, 4) is 0 Å². The number of piperidine rings is 1. The second-order valence-corrected chi connectivity index (χ2v) is 8.29. The van der Waals surface area contributed by atoms with Crippen LogP contribution < -0.4 is 4.90 Å². The molecule has 1 unspecified atom stereocenters. The number of nitrogens with zero attached hydrogens (tertiary/aromatic N) is 4. The zero-order chi connectivity index (χ0) is 18.5. The first-order chi connectivity index (χ1) is 13.3. The Bertz CT molecular complexity index is 594. The quantitative estimate of drug-likeness (QED) is 0.796. The van der Waals surface area contributed by atoms with Crippen molar-refractivity contribution in [2.24, 2.45) is 0 Å². The summed E-state index contributed by atoms with van der Waals surface area (Å²) in [5, 5.41) is 0. The highest BCUT2D eigenvalue weighted by molar-refractivity contribution is 5.76. The van der Waals surface area contributed by atoms with E-state index >= 15 is 0 Å². The number of piperazine rings is 1. The zero-order valence-corrected chi connectivity index (χ0v) is 16.6. The van der Waals surface area contributed by atoms with Crippen LogP contribution in [0.15, 0.2) is 30.3 Å². The average molecular weight is 371 g/mol. The predicted molar refractivity (Wildman–Crippen MR) is 110 cm³/mol. The van der Waals surface area contributed by atoms with Crippen LogP contribution in [-0.4, -0.2) is 85.6 Å². The van der Waals surface area contributed by atoms with E-state index in [1.807, 2.05) is 0 Å². The maximum Gasteiger partial charge on any atom is 0.223 e. The number of carbonyl (C=O) groups excluding carboxylic acids is 1. The highest BCUT2D eigenvalue weighted by atomic mass is 16.2. The molecule has 5 nitrogen and oxygen atoms in total. The predicted octanol–water partition coefficient (Wildman–Crippen LogP) is 2.29. The number of likely N-dealkylation sites (tertiary alicyclic amines) is 2. The topological polar surface area (TPSA) is 30.0 Å². The lowest BCUT2D eigenvalue weighted by molar-refractivity contribution is -0.133. The van der Waals surface area contributed by atoms with Crippen LogP contribution in [0.5, 0.6) is 0 Å². The maximum atomic E-state index is 12.7. The number of hydrogen-bond donors (Lipinski definition) is 0. The normalized spacial score (nSPS) is 25.1. The van der Waals surface area contributed by atoms with Gasteiger partial charge in [-0.05, 0) is 50.9 Å². The fraction of sp³-hybridized carbons (Fsp3) is 0.682. The molecular weight excluding hydrogens is 336 g/mol. The van der Waals surface area contributed by atoms with Gasteiger partial charge in [-0.15, -0.1) is 0 Å². The first-order valence-electron chi connectivity index (χ1n) is 10.8. The maximum absolute atomic E-state index is 12.7. The van der Waals surface area contributed by atoms with Crippen LogP contribution in [-0.2, 0) is 4.79 Å². The molecule has 0 radical (unpaired) electrons. The Hall–Kier alpha value is -1.59. The molecule has 27 heavy (non-hydrogen) atoms. The van der Waals surface area contributed by atoms with Gasteiger partial charge in [0.25, 0.3) is 0 Å². The van der Waals surface area contributed by atoms with Gasteiger partial charge in [0, 0.05) is 64.0 Å². The molecule has 1 atom stereocenters. The van der Waals surface area contributed by atoms with Crippen LogP contribution in [0, 0.1) is 0 Å². The standard InChI is InChI=1S/C22H34N4O/c27-22(10-14-23-11-4-5-12-23)26-13-6-9-21(19-26)25-17-15-24(16-18-25)20-7-2-1-3-8-20/h1-3,7-8,21H,4-6,9-19H2. The molecule has 1 aromatic carbocycles. The molecule has 3 fully saturated rings. The Morgan fingerprint density at radius 3 is 2.37 bits per heavy atom. The van der Waals surface area contributed by atoms with E-state index in [0.717, 1.165) is 52.2 Å². The number of hydrogen-bond acceptors (Lipinski definition) is 4. The molecular formula is C22H34N4O. The summed E-state index contributed by atoms with van der Waals surface area (Å²) in [4.78, 5) is 22.4. The molecule has 5 heteroatoms. The summed E-state index contributed by atoms with van der Waals surface area (Å²) in [6.45, 7) is 9.60. The van der Waals surface area contributed by atoms with E-state index in [-0.39, 0.29) is 0 Å². The van der Waals surface area contributed by atoms with E-state index < -0.39 is 0 Å². The highest BCUT2D eigenvalue weighted by Crippen LogP contribution is 2.21. The second kappa shape index (κ2) is 9.07. The first kappa shape index (κ1) is 18.8. The fourth-order valence-electron chi connectivity index (χ4n) is 4.88. The van der Waals surface area contributed by atoms with E-state index in [1.165, 1.54) is 38.0 Å². The van der Waals surface area contributed by atoms with Gasteiger partial charge in [0.05, 0.1) is 0 Å². The van der Waals surface area contributed by atoms with Crippen LogP contribution >= 0.6 is 0 Å². The third-order valence-electron chi connectivity index (χ3n) is 6.54. The molecule has 0 aliphatic carbocycles. The summed E-state index contributed by atoms with van der Waals surface area (Å²) in [5.41, 5.74) is 1.33. The van der Waals surface area contributed by atoms with Crippen LogP contribution in [0.2, 0.25) is 0 Å². The summed E-state index contributed by atoms with van der Waals surface area (Å²) in [6.07, 6.45) is 5.69. The van der Waals surface area contributed by atoms with Crippen molar-refractivity contribution < 1.29 is 4.79 Å². The van der Waals surface area contributed by atoms with E-state index in [4.69, 9.17) is 0 Å². The van der Waals surface area contributed by atoms with E-state index in [9.17, 15) is 4.79 Å². The Balaban J connectivity index is 1.24. The van der Waals surface area contributed by atoms with E-state index in [0.29, 0.717) is 18.4 Å². The Labute approximate surface area is 163 Å². The summed E-state index contributed by atoms with van der Waals surface area (Å²) in [7, 11) is 0. The van der Waals surface area contributed by atoms with Gasteiger partial charge in [0.15, 0.2) is 0 Å². The van der Waals surface area contributed by atoms with Crippen molar-refractivity contribution in [1.82, 2.24) is 14.7 Å². The van der Waals surface area contributed by atoms with Gasteiger partial charge >= 0.3 is 0 Å². The minimum atomic E-state index is 0.370. The number of amides is 1. The van der Waals surface area contributed by atoms with E-state index in [2.05, 4.69) is 49.9 Å². The molecule has 3 saturated heterocycles. The molecule has 0 aromatic heterocycles. The average Bonchev–Trinajstić information content (AvgIpc) is 3.27. The first-order valence-corrected chi connectivity index (χ1v) is 10.8. The summed E-state index contributed by atoms with van der Waals surface area (Å²) >= 11 is 0. The largest absolute Gasteiger partial charge is 0.369 e. The Kier molecular flexibility index (Phi) is 6.30. The lowest BCUT2D eigenvalue weighted by Crippen LogP contribution is -2.56.